The first-order valence-corrected chi connectivity index (χ1v) is 6.55. The predicted octanol–water partition coefficient (Wildman–Crippen LogP) is 2.49. The third kappa shape index (κ3) is 2.82. The van der Waals surface area contributed by atoms with Gasteiger partial charge in [0.15, 0.2) is 0 Å². The number of carbonyl (C=O) groups is 1. The first kappa shape index (κ1) is 14.1. The summed E-state index contributed by atoms with van der Waals surface area (Å²) in [7, 11) is 0. The second-order valence-electron chi connectivity index (χ2n) is 4.90. The van der Waals surface area contributed by atoms with E-state index in [1.807, 2.05) is 38.1 Å². The van der Waals surface area contributed by atoms with Crippen molar-refractivity contribution in [3.8, 4) is 5.75 Å². The lowest BCUT2D eigenvalue weighted by Gasteiger charge is -2.23. The van der Waals surface area contributed by atoms with Crippen molar-refractivity contribution in [2.75, 3.05) is 6.54 Å². The highest BCUT2D eigenvalue weighted by molar-refractivity contribution is 6.03. The van der Waals surface area contributed by atoms with Crippen LogP contribution in [0.2, 0.25) is 0 Å². The third-order valence-electron chi connectivity index (χ3n) is 2.96. The van der Waals surface area contributed by atoms with Crippen molar-refractivity contribution in [3.05, 3.63) is 42.5 Å². The molecule has 2 N–H and O–H groups in total. The van der Waals surface area contributed by atoms with Crippen LogP contribution in [0, 0.1) is 0 Å². The first-order chi connectivity index (χ1) is 9.52. The van der Waals surface area contributed by atoms with Crippen LogP contribution >= 0.6 is 0 Å². The van der Waals surface area contributed by atoms with Crippen molar-refractivity contribution in [1.82, 2.24) is 4.90 Å². The third-order valence-corrected chi connectivity index (χ3v) is 2.96. The average Bonchev–Trinajstić information content (AvgIpc) is 2.65. The topological polar surface area (TPSA) is 67.9 Å². The van der Waals surface area contributed by atoms with Gasteiger partial charge in [-0.1, -0.05) is 18.2 Å². The molecule has 0 aliphatic carbocycles. The molecule has 5 nitrogen and oxygen atoms in total. The molecule has 1 aliphatic heterocycles. The van der Waals surface area contributed by atoms with E-state index in [-0.39, 0.29) is 18.2 Å². The van der Waals surface area contributed by atoms with Gasteiger partial charge in [0.1, 0.15) is 17.6 Å². The van der Waals surface area contributed by atoms with Gasteiger partial charge in [0.25, 0.3) is 0 Å². The van der Waals surface area contributed by atoms with E-state index in [0.717, 1.165) is 11.3 Å². The zero-order valence-electron chi connectivity index (χ0n) is 11.7. The van der Waals surface area contributed by atoms with Crippen molar-refractivity contribution in [2.45, 2.75) is 26.0 Å². The molecule has 0 radical (unpaired) electrons. The lowest BCUT2D eigenvalue weighted by Crippen LogP contribution is -2.33. The number of nitrogens with two attached hydrogens (primary N) is 1. The number of nitrogens with zero attached hydrogens (tertiary/aromatic N) is 2. The minimum absolute atomic E-state index is 0.123. The zero-order chi connectivity index (χ0) is 14.7. The van der Waals surface area contributed by atoms with E-state index in [1.165, 1.54) is 0 Å². The molecule has 0 fully saturated rings. The first-order valence-electron chi connectivity index (χ1n) is 6.55. The lowest BCUT2D eigenvalue weighted by atomic mass is 10.1. The van der Waals surface area contributed by atoms with Crippen LogP contribution in [0.3, 0.4) is 0 Å². The summed E-state index contributed by atoms with van der Waals surface area (Å²) >= 11 is 0. The molecule has 0 saturated heterocycles. The molecule has 1 aromatic rings. The number of hydrogen-bond donors (Lipinski definition) is 1. The van der Waals surface area contributed by atoms with Crippen molar-refractivity contribution in [3.63, 3.8) is 0 Å². The molecular weight excluding hydrogens is 254 g/mol. The molecule has 0 spiro atoms. The second kappa shape index (κ2) is 5.77. The maximum Gasteiger partial charge on any atom is 0.346 e. The Labute approximate surface area is 118 Å². The molecule has 2 amide bonds. The summed E-state index contributed by atoms with van der Waals surface area (Å²) in [6.45, 7) is 8.01. The van der Waals surface area contributed by atoms with Crippen molar-refractivity contribution < 1.29 is 9.53 Å². The Kier molecular flexibility index (Phi) is 4.08. The summed E-state index contributed by atoms with van der Waals surface area (Å²) in [5.74, 6) is 1.10. The van der Waals surface area contributed by atoms with E-state index in [1.54, 1.807) is 11.0 Å². The summed E-state index contributed by atoms with van der Waals surface area (Å²) < 4.78 is 5.60. The highest BCUT2D eigenvalue weighted by atomic mass is 16.5. The minimum Gasteiger partial charge on any atom is -0.491 e. The van der Waals surface area contributed by atoms with Gasteiger partial charge in [0.05, 0.1) is 6.10 Å². The Morgan fingerprint density at radius 3 is 2.65 bits per heavy atom. The van der Waals surface area contributed by atoms with Crippen LogP contribution in [0.4, 0.5) is 4.79 Å². The fourth-order valence-corrected chi connectivity index (χ4v) is 2.18. The maximum absolute atomic E-state index is 11.8. The lowest BCUT2D eigenvalue weighted by molar-refractivity contribution is 0.212. The van der Waals surface area contributed by atoms with Gasteiger partial charge >= 0.3 is 6.03 Å². The fourth-order valence-electron chi connectivity index (χ4n) is 2.18. The van der Waals surface area contributed by atoms with Crippen LogP contribution in [0.25, 0.3) is 0 Å². The van der Waals surface area contributed by atoms with Gasteiger partial charge < -0.3 is 15.4 Å². The molecule has 1 unspecified atom stereocenters. The number of ether oxygens (including phenoxy) is 1. The Bertz CT molecular complexity index is 535. The maximum atomic E-state index is 11.8. The molecule has 106 valence electrons. The van der Waals surface area contributed by atoms with Crippen molar-refractivity contribution in [2.24, 2.45) is 10.7 Å². The van der Waals surface area contributed by atoms with Crippen LogP contribution in [0.5, 0.6) is 5.75 Å². The van der Waals surface area contributed by atoms with E-state index in [9.17, 15) is 4.79 Å². The predicted molar refractivity (Wildman–Crippen MR) is 78.9 cm³/mol. The Hall–Kier alpha value is -2.30. The molecule has 5 heteroatoms. The summed E-state index contributed by atoms with van der Waals surface area (Å²) in [5, 5.41) is 0. The molecular formula is C15H19N3O2. The number of carbonyl (C=O) groups excluding carboxylic acids is 1. The van der Waals surface area contributed by atoms with E-state index >= 15 is 0 Å². The fraction of sp³-hybridized carbons (Fsp3) is 0.333. The number of hydrogen-bond acceptors (Lipinski definition) is 3. The van der Waals surface area contributed by atoms with Gasteiger partial charge in [-0.05, 0) is 31.5 Å². The van der Waals surface area contributed by atoms with E-state index < -0.39 is 0 Å². The summed E-state index contributed by atoms with van der Waals surface area (Å²) in [5.41, 5.74) is 6.77. The number of amidine groups is 1. The van der Waals surface area contributed by atoms with Crippen LogP contribution < -0.4 is 10.5 Å². The van der Waals surface area contributed by atoms with Gasteiger partial charge in [0.2, 0.25) is 0 Å². The zero-order valence-corrected chi connectivity index (χ0v) is 11.7. The molecule has 0 bridgehead atoms. The largest absolute Gasteiger partial charge is 0.491 e. The molecule has 2 rings (SSSR count). The number of rotatable bonds is 5. The van der Waals surface area contributed by atoms with Gasteiger partial charge in [-0.25, -0.2) is 4.79 Å². The van der Waals surface area contributed by atoms with Crippen molar-refractivity contribution >= 4 is 11.9 Å². The van der Waals surface area contributed by atoms with Crippen LogP contribution in [0.1, 0.15) is 25.5 Å². The summed E-state index contributed by atoms with van der Waals surface area (Å²) in [6.07, 6.45) is 1.78. The molecule has 1 aromatic carbocycles. The average molecular weight is 273 g/mol. The highest BCUT2D eigenvalue weighted by Gasteiger charge is 2.33. The molecule has 1 atom stereocenters. The SMILES string of the molecule is C=CCN1C(=O)N=C(N)C1c1ccc(OC(C)C)cc1. The highest BCUT2D eigenvalue weighted by Crippen LogP contribution is 2.28. The van der Waals surface area contributed by atoms with Crippen molar-refractivity contribution in [1.29, 1.82) is 0 Å². The Morgan fingerprint density at radius 2 is 2.10 bits per heavy atom. The molecule has 1 aliphatic rings. The van der Waals surface area contributed by atoms with E-state index in [4.69, 9.17) is 10.5 Å². The van der Waals surface area contributed by atoms with E-state index in [2.05, 4.69) is 11.6 Å². The summed E-state index contributed by atoms with van der Waals surface area (Å²) in [4.78, 5) is 17.2. The van der Waals surface area contributed by atoms with Crippen LogP contribution in [-0.2, 0) is 0 Å². The standard InChI is InChI=1S/C15H19N3O2/c1-4-9-18-13(14(16)17-15(18)19)11-5-7-12(8-6-11)20-10(2)3/h4-8,10,13H,1,9H2,2-3H3,(H2,16,17,19). The van der Waals surface area contributed by atoms with Crippen LogP contribution in [0.15, 0.2) is 41.9 Å². The monoisotopic (exact) mass is 273 g/mol. The number of aliphatic imine (C=N–C) groups is 1. The number of amides is 2. The van der Waals surface area contributed by atoms with Crippen LogP contribution in [-0.4, -0.2) is 29.4 Å². The normalized spacial score (nSPS) is 18.4. The number of benzene rings is 1. The Morgan fingerprint density at radius 1 is 1.45 bits per heavy atom. The molecule has 20 heavy (non-hydrogen) atoms. The molecule has 0 saturated carbocycles. The number of urea groups is 1. The minimum atomic E-state index is -0.325. The van der Waals surface area contributed by atoms with Gasteiger partial charge in [0, 0.05) is 6.54 Å². The van der Waals surface area contributed by atoms with Gasteiger partial charge in [-0.2, -0.15) is 4.99 Å². The van der Waals surface area contributed by atoms with Gasteiger partial charge in [-0.15, -0.1) is 6.58 Å². The Balaban J connectivity index is 2.23. The smallest absolute Gasteiger partial charge is 0.346 e. The van der Waals surface area contributed by atoms with E-state index in [0.29, 0.717) is 12.4 Å². The quantitative estimate of drug-likeness (QED) is 0.838. The molecule has 0 aromatic heterocycles. The molecule has 1 heterocycles. The van der Waals surface area contributed by atoms with Gasteiger partial charge in [-0.3, -0.25) is 0 Å². The summed E-state index contributed by atoms with van der Waals surface area (Å²) in [6, 6.07) is 6.90. The second-order valence-corrected chi connectivity index (χ2v) is 4.90.